The number of hydrogen-bond donors (Lipinski definition) is 1. The molecule has 150 valence electrons. The minimum atomic E-state index is -1.78. The van der Waals surface area contributed by atoms with Crippen LogP contribution in [-0.4, -0.2) is 38.9 Å². The van der Waals surface area contributed by atoms with Crippen LogP contribution in [0, 0.1) is 0 Å². The number of methoxy groups -OCH3 is 1. The maximum atomic E-state index is 12.8. The molecule has 9 heteroatoms. The van der Waals surface area contributed by atoms with Crippen LogP contribution in [0.15, 0.2) is 53.3 Å². The van der Waals surface area contributed by atoms with Gasteiger partial charge >= 0.3 is 5.97 Å². The fourth-order valence-electron chi connectivity index (χ4n) is 4.15. The van der Waals surface area contributed by atoms with Crippen molar-refractivity contribution in [2.45, 2.75) is 18.5 Å². The molecular formula is C21H16N4O5. The number of rotatable bonds is 3. The third-order valence-electron chi connectivity index (χ3n) is 5.56. The zero-order chi connectivity index (χ0) is 21.0. The van der Waals surface area contributed by atoms with E-state index in [1.165, 1.54) is 16.7 Å². The molecule has 0 spiro atoms. The molecule has 1 atom stereocenters. The predicted octanol–water partition coefficient (Wildman–Crippen LogP) is 1.86. The second-order valence-corrected chi connectivity index (χ2v) is 7.10. The van der Waals surface area contributed by atoms with Gasteiger partial charge in [-0.1, -0.05) is 12.1 Å². The number of hydrogen-bond acceptors (Lipinski definition) is 6. The van der Waals surface area contributed by atoms with Crippen LogP contribution in [-0.2, 0) is 15.3 Å². The molecule has 2 aliphatic rings. The van der Waals surface area contributed by atoms with Crippen molar-refractivity contribution in [3.63, 3.8) is 0 Å². The molecule has 9 nitrogen and oxygen atoms in total. The molecule has 0 radical (unpaired) electrons. The standard InChI is InChI=1S/C21H16N4O5/c1-30-13-8-6-12(7-9-13)17-19(27)22-18-14-4-2-3-5-15(14)24-16(26)10-11-21(24,20(28)29)25(18)23-17/h2-9H,10-11H2,1H3,(H,28,29)/t21-/m1/s1. The molecule has 2 aliphatic heterocycles. The second kappa shape index (κ2) is 6.24. The van der Waals surface area contributed by atoms with Crippen LogP contribution < -0.4 is 15.2 Å². The first-order valence-electron chi connectivity index (χ1n) is 9.29. The zero-order valence-electron chi connectivity index (χ0n) is 15.9. The van der Waals surface area contributed by atoms with E-state index in [1.54, 1.807) is 48.5 Å². The molecule has 3 aromatic rings. The lowest BCUT2D eigenvalue weighted by atomic mass is 10.00. The molecule has 0 unspecified atom stereocenters. The summed E-state index contributed by atoms with van der Waals surface area (Å²) in [5, 5.41) is 14.6. The molecule has 3 heterocycles. The van der Waals surface area contributed by atoms with Gasteiger partial charge in [-0.05, 0) is 36.4 Å². The highest BCUT2D eigenvalue weighted by Gasteiger charge is 2.58. The first kappa shape index (κ1) is 18.0. The van der Waals surface area contributed by atoms with E-state index in [0.29, 0.717) is 22.6 Å². The van der Waals surface area contributed by atoms with Gasteiger partial charge in [0, 0.05) is 24.0 Å². The normalized spacial score (nSPS) is 19.1. The Morgan fingerprint density at radius 1 is 1.13 bits per heavy atom. The van der Waals surface area contributed by atoms with Crippen molar-refractivity contribution in [3.05, 3.63) is 58.9 Å². The minimum Gasteiger partial charge on any atom is -0.497 e. The van der Waals surface area contributed by atoms with E-state index in [1.807, 2.05) is 0 Å². The smallest absolute Gasteiger partial charge is 0.353 e. The quantitative estimate of drug-likeness (QED) is 0.708. The average Bonchev–Trinajstić information content (AvgIpc) is 3.12. The van der Waals surface area contributed by atoms with Crippen LogP contribution in [0.2, 0.25) is 0 Å². The highest BCUT2D eigenvalue weighted by atomic mass is 16.5. The highest BCUT2D eigenvalue weighted by molar-refractivity contribution is 6.07. The van der Waals surface area contributed by atoms with Gasteiger partial charge in [-0.15, -0.1) is 0 Å². The Labute approximate surface area is 170 Å². The lowest BCUT2D eigenvalue weighted by Gasteiger charge is -2.41. The van der Waals surface area contributed by atoms with E-state index >= 15 is 0 Å². The van der Waals surface area contributed by atoms with Crippen molar-refractivity contribution < 1.29 is 19.4 Å². The van der Waals surface area contributed by atoms with Crippen molar-refractivity contribution in [1.82, 2.24) is 14.8 Å². The van der Waals surface area contributed by atoms with Crippen LogP contribution in [0.25, 0.3) is 22.6 Å². The van der Waals surface area contributed by atoms with Crippen LogP contribution in [0.1, 0.15) is 12.8 Å². The summed E-state index contributed by atoms with van der Waals surface area (Å²) in [4.78, 5) is 43.5. The molecule has 5 rings (SSSR count). The molecule has 0 saturated carbocycles. The van der Waals surface area contributed by atoms with Gasteiger partial charge in [0.1, 0.15) is 5.75 Å². The molecule has 1 amide bonds. The number of carboxylic acids is 1. The van der Waals surface area contributed by atoms with E-state index in [0.717, 1.165) is 0 Å². The monoisotopic (exact) mass is 404 g/mol. The number of aromatic nitrogens is 3. The van der Waals surface area contributed by atoms with E-state index in [-0.39, 0.29) is 30.3 Å². The Kier molecular flexibility index (Phi) is 3.76. The summed E-state index contributed by atoms with van der Waals surface area (Å²) in [5.41, 5.74) is -0.995. The summed E-state index contributed by atoms with van der Waals surface area (Å²) in [7, 11) is 1.53. The fraction of sp³-hybridized carbons (Fsp3) is 0.190. The number of carbonyl (C=O) groups excluding carboxylic acids is 1. The molecular weight excluding hydrogens is 388 g/mol. The SMILES string of the molecule is COc1ccc(-c2nn3c(nc2=O)-c2ccccc2N2C(=O)CC[C@@]23C(=O)O)cc1. The second-order valence-electron chi connectivity index (χ2n) is 7.10. The van der Waals surface area contributed by atoms with Gasteiger partial charge in [0.25, 0.3) is 5.56 Å². The van der Waals surface area contributed by atoms with E-state index in [4.69, 9.17) is 4.74 Å². The van der Waals surface area contributed by atoms with E-state index in [2.05, 4.69) is 10.1 Å². The van der Waals surface area contributed by atoms with Crippen molar-refractivity contribution in [2.24, 2.45) is 0 Å². The number of anilines is 1. The summed E-state index contributed by atoms with van der Waals surface area (Å²) in [5.74, 6) is -0.820. The zero-order valence-corrected chi connectivity index (χ0v) is 15.9. The van der Waals surface area contributed by atoms with E-state index < -0.39 is 17.2 Å². The fourth-order valence-corrected chi connectivity index (χ4v) is 4.15. The van der Waals surface area contributed by atoms with Crippen molar-refractivity contribution in [2.75, 3.05) is 12.0 Å². The molecule has 0 aliphatic carbocycles. The Balaban J connectivity index is 1.83. The van der Waals surface area contributed by atoms with Crippen LogP contribution in [0.5, 0.6) is 5.75 Å². The van der Waals surface area contributed by atoms with Crippen molar-refractivity contribution in [1.29, 1.82) is 0 Å². The van der Waals surface area contributed by atoms with Crippen LogP contribution >= 0.6 is 0 Å². The first-order valence-corrected chi connectivity index (χ1v) is 9.29. The number of para-hydroxylation sites is 1. The molecule has 1 N–H and O–H groups in total. The number of carboxylic acid groups (broad SMARTS) is 1. The topological polar surface area (TPSA) is 115 Å². The van der Waals surface area contributed by atoms with Gasteiger partial charge < -0.3 is 9.84 Å². The predicted molar refractivity (Wildman–Crippen MR) is 106 cm³/mol. The Morgan fingerprint density at radius 2 is 1.87 bits per heavy atom. The first-order chi connectivity index (χ1) is 14.5. The maximum Gasteiger partial charge on any atom is 0.353 e. The molecule has 1 fully saturated rings. The van der Waals surface area contributed by atoms with Crippen LogP contribution in [0.3, 0.4) is 0 Å². The van der Waals surface area contributed by atoms with Crippen molar-refractivity contribution >= 4 is 17.6 Å². The summed E-state index contributed by atoms with van der Waals surface area (Å²) in [6, 6.07) is 13.5. The Hall–Kier alpha value is -4.01. The number of amides is 1. The summed E-state index contributed by atoms with van der Waals surface area (Å²) < 4.78 is 6.35. The number of carbonyl (C=O) groups is 2. The number of fused-ring (bicyclic) bond motifs is 6. The largest absolute Gasteiger partial charge is 0.497 e. The number of benzene rings is 2. The summed E-state index contributed by atoms with van der Waals surface area (Å²) in [6.45, 7) is 0. The van der Waals surface area contributed by atoms with Gasteiger partial charge in [0.2, 0.25) is 11.6 Å². The van der Waals surface area contributed by atoms with Gasteiger partial charge in [-0.2, -0.15) is 10.1 Å². The Morgan fingerprint density at radius 3 is 2.57 bits per heavy atom. The van der Waals surface area contributed by atoms with Gasteiger partial charge in [0.05, 0.1) is 12.8 Å². The van der Waals surface area contributed by atoms with Gasteiger partial charge in [0.15, 0.2) is 11.5 Å². The maximum absolute atomic E-state index is 12.8. The summed E-state index contributed by atoms with van der Waals surface area (Å²) >= 11 is 0. The third kappa shape index (κ3) is 2.25. The minimum absolute atomic E-state index is 0.000656. The van der Waals surface area contributed by atoms with Crippen LogP contribution in [0.4, 0.5) is 5.69 Å². The number of ether oxygens (including phenoxy) is 1. The Bertz CT molecular complexity index is 1270. The number of aliphatic carboxylic acids is 1. The summed E-state index contributed by atoms with van der Waals surface area (Å²) in [6.07, 6.45) is 0.0633. The third-order valence-corrected chi connectivity index (χ3v) is 5.56. The lowest BCUT2D eigenvalue weighted by Crippen LogP contribution is -2.58. The molecule has 2 aromatic carbocycles. The average molecular weight is 404 g/mol. The molecule has 0 bridgehead atoms. The molecule has 30 heavy (non-hydrogen) atoms. The molecule has 1 aromatic heterocycles. The lowest BCUT2D eigenvalue weighted by molar-refractivity contribution is -0.148. The molecule has 1 saturated heterocycles. The highest BCUT2D eigenvalue weighted by Crippen LogP contribution is 2.47. The van der Waals surface area contributed by atoms with E-state index in [9.17, 15) is 19.5 Å². The number of nitrogens with zero attached hydrogens (tertiary/aromatic N) is 4. The van der Waals surface area contributed by atoms with Crippen molar-refractivity contribution in [3.8, 4) is 28.4 Å². The van der Waals surface area contributed by atoms with Gasteiger partial charge in [-0.3, -0.25) is 14.5 Å². The van der Waals surface area contributed by atoms with Gasteiger partial charge in [-0.25, -0.2) is 9.48 Å².